The summed E-state index contributed by atoms with van der Waals surface area (Å²) in [5, 5.41) is 3.55. The van der Waals surface area contributed by atoms with Gasteiger partial charge in [0.2, 0.25) is 0 Å². The summed E-state index contributed by atoms with van der Waals surface area (Å²) in [5.74, 6) is 0.960. The summed E-state index contributed by atoms with van der Waals surface area (Å²) in [4.78, 5) is 0. The molecule has 2 aliphatic rings. The average Bonchev–Trinajstić information content (AvgIpc) is 3.28. The second-order valence-corrected chi connectivity index (χ2v) is 5.91. The Morgan fingerprint density at radius 3 is 2.53 bits per heavy atom. The van der Waals surface area contributed by atoms with Crippen molar-refractivity contribution in [3.8, 4) is 0 Å². The Hall–Kier alpha value is -0.930. The molecule has 0 amide bonds. The largest absolute Gasteiger partial charge is 0.380 e. The molecule has 0 saturated heterocycles. The summed E-state index contributed by atoms with van der Waals surface area (Å²) < 4.78 is 18.8. The molecule has 1 N–H and O–H groups in total. The van der Waals surface area contributed by atoms with Gasteiger partial charge in [-0.2, -0.15) is 0 Å². The van der Waals surface area contributed by atoms with Crippen molar-refractivity contribution in [2.75, 3.05) is 19.8 Å². The van der Waals surface area contributed by atoms with E-state index in [1.807, 2.05) is 12.1 Å². The quantitative estimate of drug-likeness (QED) is 0.778. The molecule has 0 bridgehead atoms. The fourth-order valence-corrected chi connectivity index (χ4v) is 2.27. The predicted molar refractivity (Wildman–Crippen MR) is 73.7 cm³/mol. The third-order valence-corrected chi connectivity index (χ3v) is 3.94. The lowest BCUT2D eigenvalue weighted by atomic mass is 10.00. The molecule has 2 nitrogen and oxygen atoms in total. The molecule has 19 heavy (non-hydrogen) atoms. The number of nitrogens with one attached hydrogen (secondary N) is 1. The van der Waals surface area contributed by atoms with Crippen LogP contribution in [0.5, 0.6) is 0 Å². The molecule has 3 rings (SSSR count). The van der Waals surface area contributed by atoms with Crippen LogP contribution in [0.4, 0.5) is 4.39 Å². The Morgan fingerprint density at radius 1 is 1.16 bits per heavy atom. The number of hydrogen-bond acceptors (Lipinski definition) is 2. The van der Waals surface area contributed by atoms with E-state index in [-0.39, 0.29) is 5.82 Å². The van der Waals surface area contributed by atoms with Crippen molar-refractivity contribution in [3.63, 3.8) is 0 Å². The zero-order valence-corrected chi connectivity index (χ0v) is 11.3. The zero-order chi connectivity index (χ0) is 13.1. The van der Waals surface area contributed by atoms with Gasteiger partial charge in [0.25, 0.3) is 0 Å². The summed E-state index contributed by atoms with van der Waals surface area (Å²) in [6, 6.07) is 7.55. The molecular formula is C16H22FNO. The normalized spacial score (nSPS) is 20.5. The monoisotopic (exact) mass is 263 g/mol. The smallest absolute Gasteiger partial charge is 0.123 e. The highest BCUT2D eigenvalue weighted by molar-refractivity contribution is 5.21. The SMILES string of the molecule is Fc1ccc(C(CNC2CC2)COCC2CC2)cc1. The first-order chi connectivity index (χ1) is 9.31. The van der Waals surface area contributed by atoms with E-state index in [2.05, 4.69) is 5.32 Å². The topological polar surface area (TPSA) is 21.3 Å². The maximum atomic E-state index is 13.0. The first-order valence-electron chi connectivity index (χ1n) is 7.38. The van der Waals surface area contributed by atoms with Crippen LogP contribution in [0, 0.1) is 11.7 Å². The van der Waals surface area contributed by atoms with Gasteiger partial charge >= 0.3 is 0 Å². The van der Waals surface area contributed by atoms with E-state index in [4.69, 9.17) is 4.74 Å². The lowest BCUT2D eigenvalue weighted by Crippen LogP contribution is -2.26. The lowest BCUT2D eigenvalue weighted by molar-refractivity contribution is 0.110. The highest BCUT2D eigenvalue weighted by Crippen LogP contribution is 2.29. The number of benzene rings is 1. The predicted octanol–water partition coefficient (Wildman–Crippen LogP) is 3.09. The van der Waals surface area contributed by atoms with Crippen molar-refractivity contribution in [1.82, 2.24) is 5.32 Å². The van der Waals surface area contributed by atoms with Crippen LogP contribution in [0.1, 0.15) is 37.2 Å². The maximum Gasteiger partial charge on any atom is 0.123 e. The van der Waals surface area contributed by atoms with E-state index in [9.17, 15) is 4.39 Å². The van der Waals surface area contributed by atoms with Gasteiger partial charge in [0.1, 0.15) is 5.82 Å². The summed E-state index contributed by atoms with van der Waals surface area (Å²) >= 11 is 0. The van der Waals surface area contributed by atoms with E-state index in [1.165, 1.54) is 31.2 Å². The minimum Gasteiger partial charge on any atom is -0.380 e. The molecule has 1 unspecified atom stereocenters. The molecule has 0 aromatic heterocycles. The van der Waals surface area contributed by atoms with E-state index in [1.54, 1.807) is 12.1 Å². The van der Waals surface area contributed by atoms with Crippen molar-refractivity contribution in [2.45, 2.75) is 37.6 Å². The minimum absolute atomic E-state index is 0.170. The fourth-order valence-electron chi connectivity index (χ4n) is 2.27. The minimum atomic E-state index is -0.170. The molecule has 3 heteroatoms. The molecule has 0 spiro atoms. The Balaban J connectivity index is 1.54. The second-order valence-electron chi connectivity index (χ2n) is 5.91. The van der Waals surface area contributed by atoms with Crippen molar-refractivity contribution in [3.05, 3.63) is 35.6 Å². The first kappa shape index (κ1) is 13.1. The Morgan fingerprint density at radius 2 is 1.89 bits per heavy atom. The van der Waals surface area contributed by atoms with Crippen LogP contribution in [0.3, 0.4) is 0 Å². The van der Waals surface area contributed by atoms with Crippen LogP contribution in [0.15, 0.2) is 24.3 Å². The van der Waals surface area contributed by atoms with Crippen LogP contribution in [0.25, 0.3) is 0 Å². The van der Waals surface area contributed by atoms with Crippen LogP contribution in [0.2, 0.25) is 0 Å². The molecule has 104 valence electrons. The Kier molecular flexibility index (Phi) is 4.14. The molecule has 2 fully saturated rings. The van der Waals surface area contributed by atoms with Crippen molar-refractivity contribution in [2.24, 2.45) is 5.92 Å². The maximum absolute atomic E-state index is 13.0. The van der Waals surface area contributed by atoms with Crippen LogP contribution >= 0.6 is 0 Å². The van der Waals surface area contributed by atoms with E-state index in [0.29, 0.717) is 12.0 Å². The molecule has 1 aromatic rings. The Labute approximate surface area is 114 Å². The number of halogens is 1. The molecular weight excluding hydrogens is 241 g/mol. The molecule has 0 aliphatic heterocycles. The van der Waals surface area contributed by atoms with E-state index in [0.717, 1.165) is 25.7 Å². The van der Waals surface area contributed by atoms with Gasteiger partial charge in [-0.25, -0.2) is 4.39 Å². The van der Waals surface area contributed by atoms with E-state index < -0.39 is 0 Å². The molecule has 0 heterocycles. The van der Waals surface area contributed by atoms with Gasteiger partial charge in [-0.3, -0.25) is 0 Å². The standard InChI is InChI=1S/C16H22FNO/c17-15-5-3-13(4-6-15)14(9-18-16-7-8-16)11-19-10-12-1-2-12/h3-6,12,14,16,18H,1-2,7-11H2. The lowest BCUT2D eigenvalue weighted by Gasteiger charge is -2.18. The Bertz CT molecular complexity index is 398. The highest BCUT2D eigenvalue weighted by Gasteiger charge is 2.24. The van der Waals surface area contributed by atoms with Gasteiger partial charge in [-0.1, -0.05) is 12.1 Å². The van der Waals surface area contributed by atoms with Gasteiger partial charge < -0.3 is 10.1 Å². The molecule has 0 radical (unpaired) electrons. The number of ether oxygens (including phenoxy) is 1. The van der Waals surface area contributed by atoms with Crippen LogP contribution < -0.4 is 5.32 Å². The fraction of sp³-hybridized carbons (Fsp3) is 0.625. The summed E-state index contributed by atoms with van der Waals surface area (Å²) in [6.45, 7) is 2.56. The first-order valence-corrected chi connectivity index (χ1v) is 7.38. The van der Waals surface area contributed by atoms with Crippen LogP contribution in [-0.2, 0) is 4.74 Å². The molecule has 1 atom stereocenters. The molecule has 2 saturated carbocycles. The summed E-state index contributed by atoms with van der Waals surface area (Å²) in [7, 11) is 0. The highest BCUT2D eigenvalue weighted by atomic mass is 19.1. The van der Waals surface area contributed by atoms with Crippen molar-refractivity contribution < 1.29 is 9.13 Å². The number of rotatable bonds is 8. The van der Waals surface area contributed by atoms with Crippen molar-refractivity contribution in [1.29, 1.82) is 0 Å². The van der Waals surface area contributed by atoms with Gasteiger partial charge in [0.05, 0.1) is 6.61 Å². The van der Waals surface area contributed by atoms with Gasteiger partial charge in [0.15, 0.2) is 0 Å². The average molecular weight is 263 g/mol. The van der Waals surface area contributed by atoms with Crippen molar-refractivity contribution >= 4 is 0 Å². The van der Waals surface area contributed by atoms with Gasteiger partial charge in [0, 0.05) is 25.1 Å². The summed E-state index contributed by atoms with van der Waals surface area (Å²) in [5.41, 5.74) is 1.17. The molecule has 2 aliphatic carbocycles. The summed E-state index contributed by atoms with van der Waals surface area (Å²) in [6.07, 6.45) is 5.22. The number of hydrogen-bond donors (Lipinski definition) is 1. The van der Waals surface area contributed by atoms with E-state index >= 15 is 0 Å². The zero-order valence-electron chi connectivity index (χ0n) is 11.3. The van der Waals surface area contributed by atoms with Gasteiger partial charge in [-0.05, 0) is 49.3 Å². The second kappa shape index (κ2) is 6.02. The molecule has 1 aromatic carbocycles. The third kappa shape index (κ3) is 4.29. The van der Waals surface area contributed by atoms with Gasteiger partial charge in [-0.15, -0.1) is 0 Å². The van der Waals surface area contributed by atoms with Crippen LogP contribution in [-0.4, -0.2) is 25.8 Å². The third-order valence-electron chi connectivity index (χ3n) is 3.94.